The highest BCUT2D eigenvalue weighted by molar-refractivity contribution is 6.35. The standard InChI is InChI=1S/C20H22N2O/c1-3-13-14-8-4-5-9-16(14)21-18(13)11-15-19-12(2)7-6-10-17(19)22-20(15)23/h6-7,10-11,21H,3-5,8-9H2,1-2H3,(H,22,23). The van der Waals surface area contributed by atoms with Gasteiger partial charge in [-0.2, -0.15) is 0 Å². The van der Waals surface area contributed by atoms with Crippen molar-refractivity contribution in [3.63, 3.8) is 0 Å². The van der Waals surface area contributed by atoms with Gasteiger partial charge in [-0.05, 0) is 67.9 Å². The number of amides is 1. The van der Waals surface area contributed by atoms with Crippen molar-refractivity contribution in [1.29, 1.82) is 0 Å². The number of carbonyl (C=O) groups is 1. The third-order valence-electron chi connectivity index (χ3n) is 5.12. The number of aryl methyl sites for hydroxylation is 2. The average Bonchev–Trinajstić information content (AvgIpc) is 3.06. The van der Waals surface area contributed by atoms with Crippen molar-refractivity contribution in [2.24, 2.45) is 0 Å². The second-order valence-corrected chi connectivity index (χ2v) is 6.54. The normalized spacial score (nSPS) is 18.0. The minimum atomic E-state index is 0.00363. The van der Waals surface area contributed by atoms with E-state index in [1.54, 1.807) is 0 Å². The molecule has 118 valence electrons. The molecule has 0 atom stereocenters. The lowest BCUT2D eigenvalue weighted by Gasteiger charge is -2.11. The summed E-state index contributed by atoms with van der Waals surface area (Å²) in [6, 6.07) is 6.02. The van der Waals surface area contributed by atoms with Gasteiger partial charge in [-0.1, -0.05) is 19.1 Å². The van der Waals surface area contributed by atoms with Gasteiger partial charge in [0.05, 0.1) is 5.57 Å². The van der Waals surface area contributed by atoms with Crippen LogP contribution in [-0.4, -0.2) is 10.9 Å². The first kappa shape index (κ1) is 14.3. The third-order valence-corrected chi connectivity index (χ3v) is 5.12. The molecule has 0 unspecified atom stereocenters. The van der Waals surface area contributed by atoms with Gasteiger partial charge < -0.3 is 10.3 Å². The maximum Gasteiger partial charge on any atom is 0.256 e. The second kappa shape index (κ2) is 5.41. The van der Waals surface area contributed by atoms with Crippen molar-refractivity contribution in [1.82, 2.24) is 4.98 Å². The van der Waals surface area contributed by atoms with Crippen LogP contribution in [0.1, 0.15) is 53.4 Å². The molecule has 4 rings (SSSR count). The zero-order valence-corrected chi connectivity index (χ0v) is 13.8. The molecule has 0 saturated heterocycles. The van der Waals surface area contributed by atoms with Crippen LogP contribution in [0.5, 0.6) is 0 Å². The Bertz CT molecular complexity index is 826. The average molecular weight is 306 g/mol. The summed E-state index contributed by atoms with van der Waals surface area (Å²) in [4.78, 5) is 16.0. The number of nitrogens with one attached hydrogen (secondary N) is 2. The molecule has 3 heteroatoms. The van der Waals surface area contributed by atoms with Crippen LogP contribution in [0.4, 0.5) is 5.69 Å². The van der Waals surface area contributed by atoms with E-state index in [1.807, 2.05) is 12.1 Å². The van der Waals surface area contributed by atoms with Crippen LogP contribution in [0.2, 0.25) is 0 Å². The Kier molecular flexibility index (Phi) is 3.37. The SMILES string of the molecule is CCc1c(C=C2C(=O)Nc3cccc(C)c32)[nH]c2c1CCCC2. The smallest absolute Gasteiger partial charge is 0.256 e. The summed E-state index contributed by atoms with van der Waals surface area (Å²) >= 11 is 0. The Labute approximate surface area is 136 Å². The molecule has 3 nitrogen and oxygen atoms in total. The summed E-state index contributed by atoms with van der Waals surface area (Å²) < 4.78 is 0. The van der Waals surface area contributed by atoms with Gasteiger partial charge in [0.15, 0.2) is 0 Å². The largest absolute Gasteiger partial charge is 0.358 e. The van der Waals surface area contributed by atoms with E-state index < -0.39 is 0 Å². The third kappa shape index (κ3) is 2.23. The van der Waals surface area contributed by atoms with Crippen LogP contribution >= 0.6 is 0 Å². The summed E-state index contributed by atoms with van der Waals surface area (Å²) in [5, 5.41) is 2.99. The zero-order valence-electron chi connectivity index (χ0n) is 13.8. The van der Waals surface area contributed by atoms with E-state index >= 15 is 0 Å². The fraction of sp³-hybridized carbons (Fsp3) is 0.350. The van der Waals surface area contributed by atoms with Gasteiger partial charge >= 0.3 is 0 Å². The minimum Gasteiger partial charge on any atom is -0.358 e. The predicted molar refractivity (Wildman–Crippen MR) is 94.5 cm³/mol. The number of rotatable bonds is 2. The number of H-pyrrole nitrogens is 1. The van der Waals surface area contributed by atoms with Crippen molar-refractivity contribution in [2.45, 2.75) is 46.0 Å². The van der Waals surface area contributed by atoms with Gasteiger partial charge in [-0.15, -0.1) is 0 Å². The molecular weight excluding hydrogens is 284 g/mol. The van der Waals surface area contributed by atoms with Crippen molar-refractivity contribution >= 4 is 23.2 Å². The quantitative estimate of drug-likeness (QED) is 0.800. The van der Waals surface area contributed by atoms with E-state index in [-0.39, 0.29) is 5.91 Å². The molecule has 2 N–H and O–H groups in total. The van der Waals surface area contributed by atoms with Crippen molar-refractivity contribution in [3.05, 3.63) is 51.8 Å². The highest BCUT2D eigenvalue weighted by Crippen LogP contribution is 2.37. The maximum absolute atomic E-state index is 12.4. The maximum atomic E-state index is 12.4. The van der Waals surface area contributed by atoms with Crippen LogP contribution in [-0.2, 0) is 24.1 Å². The lowest BCUT2D eigenvalue weighted by Crippen LogP contribution is -2.04. The fourth-order valence-electron chi connectivity index (χ4n) is 4.02. The lowest BCUT2D eigenvalue weighted by atomic mass is 9.93. The Balaban J connectivity index is 1.86. The molecule has 0 spiro atoms. The molecule has 1 amide bonds. The van der Waals surface area contributed by atoms with E-state index in [0.717, 1.165) is 40.9 Å². The van der Waals surface area contributed by atoms with Crippen LogP contribution in [0.25, 0.3) is 11.6 Å². The van der Waals surface area contributed by atoms with Crippen LogP contribution in [0.3, 0.4) is 0 Å². The van der Waals surface area contributed by atoms with Gasteiger partial charge in [0.1, 0.15) is 0 Å². The number of aromatic amines is 1. The number of carbonyl (C=O) groups excluding carboxylic acids is 1. The summed E-state index contributed by atoms with van der Waals surface area (Å²) in [5.41, 5.74) is 9.29. The highest BCUT2D eigenvalue weighted by Gasteiger charge is 2.27. The highest BCUT2D eigenvalue weighted by atomic mass is 16.2. The lowest BCUT2D eigenvalue weighted by molar-refractivity contribution is -0.110. The summed E-state index contributed by atoms with van der Waals surface area (Å²) in [7, 11) is 0. The number of anilines is 1. The van der Waals surface area contributed by atoms with Crippen molar-refractivity contribution in [3.8, 4) is 0 Å². The molecule has 1 aromatic carbocycles. The van der Waals surface area contributed by atoms with Crippen LogP contribution < -0.4 is 5.32 Å². The molecule has 2 aromatic rings. The first-order valence-electron chi connectivity index (χ1n) is 8.54. The molecule has 23 heavy (non-hydrogen) atoms. The van der Waals surface area contributed by atoms with E-state index in [0.29, 0.717) is 0 Å². The summed E-state index contributed by atoms with van der Waals surface area (Å²) in [6.07, 6.45) is 7.90. The summed E-state index contributed by atoms with van der Waals surface area (Å²) in [5.74, 6) is 0.00363. The topological polar surface area (TPSA) is 44.9 Å². The molecule has 1 aromatic heterocycles. The van der Waals surface area contributed by atoms with Gasteiger partial charge in [-0.3, -0.25) is 4.79 Å². The Morgan fingerprint density at radius 1 is 1.22 bits per heavy atom. The van der Waals surface area contributed by atoms with E-state index in [4.69, 9.17) is 0 Å². The molecule has 0 fully saturated rings. The first-order valence-corrected chi connectivity index (χ1v) is 8.54. The van der Waals surface area contributed by atoms with Crippen LogP contribution in [0, 0.1) is 6.92 Å². The summed E-state index contributed by atoms with van der Waals surface area (Å²) in [6.45, 7) is 4.27. The van der Waals surface area contributed by atoms with Crippen LogP contribution in [0.15, 0.2) is 18.2 Å². The van der Waals surface area contributed by atoms with Crippen molar-refractivity contribution in [2.75, 3.05) is 5.32 Å². The number of hydrogen-bond donors (Lipinski definition) is 2. The minimum absolute atomic E-state index is 0.00363. The van der Waals surface area contributed by atoms with Gasteiger partial charge in [0.2, 0.25) is 0 Å². The van der Waals surface area contributed by atoms with E-state index in [9.17, 15) is 4.79 Å². The zero-order chi connectivity index (χ0) is 16.0. The van der Waals surface area contributed by atoms with Gasteiger partial charge in [0, 0.05) is 22.6 Å². The first-order chi connectivity index (χ1) is 11.2. The van der Waals surface area contributed by atoms with E-state index in [1.165, 1.54) is 36.1 Å². The van der Waals surface area contributed by atoms with Gasteiger partial charge in [0.25, 0.3) is 5.91 Å². The van der Waals surface area contributed by atoms with E-state index in [2.05, 4.69) is 36.3 Å². The number of benzene rings is 1. The number of hydrogen-bond acceptors (Lipinski definition) is 1. The molecule has 2 aliphatic rings. The molecule has 1 aliphatic heterocycles. The fourth-order valence-corrected chi connectivity index (χ4v) is 4.02. The second-order valence-electron chi connectivity index (χ2n) is 6.54. The molecule has 0 saturated carbocycles. The monoisotopic (exact) mass is 306 g/mol. The molecule has 0 bridgehead atoms. The molecular formula is C20H22N2O. The van der Waals surface area contributed by atoms with Gasteiger partial charge in [-0.25, -0.2) is 0 Å². The van der Waals surface area contributed by atoms with Crippen molar-refractivity contribution < 1.29 is 4.79 Å². The predicted octanol–water partition coefficient (Wildman–Crippen LogP) is 4.26. The molecule has 0 radical (unpaired) electrons. The Morgan fingerprint density at radius 2 is 2.04 bits per heavy atom. The number of fused-ring (bicyclic) bond motifs is 2. The number of aromatic nitrogens is 1. The Morgan fingerprint density at radius 3 is 2.87 bits per heavy atom. The molecule has 1 aliphatic carbocycles. The Hall–Kier alpha value is -2.29. The molecule has 2 heterocycles.